The van der Waals surface area contributed by atoms with E-state index in [9.17, 15) is 5.11 Å². The summed E-state index contributed by atoms with van der Waals surface area (Å²) in [5, 5.41) is 10.1. The molecule has 4 nitrogen and oxygen atoms in total. The third-order valence-electron chi connectivity index (χ3n) is 4.68. The minimum atomic E-state index is -0.240. The first kappa shape index (κ1) is 13.9. The summed E-state index contributed by atoms with van der Waals surface area (Å²) >= 11 is 0. The summed E-state index contributed by atoms with van der Waals surface area (Å²) < 4.78 is 0. The van der Waals surface area contributed by atoms with E-state index in [4.69, 9.17) is 5.73 Å². The molecule has 20 heavy (non-hydrogen) atoms. The van der Waals surface area contributed by atoms with Gasteiger partial charge in [-0.1, -0.05) is 12.1 Å². The van der Waals surface area contributed by atoms with Gasteiger partial charge in [-0.25, -0.2) is 0 Å². The summed E-state index contributed by atoms with van der Waals surface area (Å²) in [6.45, 7) is 6.23. The van der Waals surface area contributed by atoms with E-state index >= 15 is 0 Å². The average molecular weight is 275 g/mol. The summed E-state index contributed by atoms with van der Waals surface area (Å²) in [6, 6.07) is 9.13. The molecule has 3 rings (SSSR count). The quantitative estimate of drug-likeness (QED) is 0.844. The Balaban J connectivity index is 1.60. The van der Waals surface area contributed by atoms with Crippen LogP contribution in [-0.4, -0.2) is 54.4 Å². The van der Waals surface area contributed by atoms with Crippen LogP contribution in [0.4, 0.5) is 5.69 Å². The predicted molar refractivity (Wildman–Crippen MR) is 82.0 cm³/mol. The summed E-state index contributed by atoms with van der Waals surface area (Å²) in [4.78, 5) is 4.86. The van der Waals surface area contributed by atoms with Gasteiger partial charge < -0.3 is 15.7 Å². The highest BCUT2D eigenvalue weighted by atomic mass is 16.3. The van der Waals surface area contributed by atoms with Crippen LogP contribution in [0.1, 0.15) is 18.4 Å². The molecule has 2 fully saturated rings. The molecule has 1 aromatic rings. The molecule has 1 saturated carbocycles. The van der Waals surface area contributed by atoms with Crippen molar-refractivity contribution in [1.82, 2.24) is 4.90 Å². The van der Waals surface area contributed by atoms with E-state index in [1.165, 1.54) is 11.3 Å². The lowest BCUT2D eigenvalue weighted by molar-refractivity contribution is 0.0671. The fraction of sp³-hybridized carbons (Fsp3) is 0.625. The lowest BCUT2D eigenvalue weighted by atomic mass is 10.1. The molecular formula is C16H25N3O. The van der Waals surface area contributed by atoms with E-state index in [2.05, 4.69) is 41.0 Å². The lowest BCUT2D eigenvalue weighted by Crippen LogP contribution is -2.52. The van der Waals surface area contributed by atoms with Crippen LogP contribution in [0.2, 0.25) is 0 Å². The highest BCUT2D eigenvalue weighted by molar-refractivity contribution is 5.48. The van der Waals surface area contributed by atoms with Crippen LogP contribution in [0.15, 0.2) is 24.3 Å². The lowest BCUT2D eigenvalue weighted by Gasteiger charge is -2.40. The Morgan fingerprint density at radius 2 is 1.90 bits per heavy atom. The van der Waals surface area contributed by atoms with Crippen LogP contribution in [0.25, 0.3) is 0 Å². The molecule has 0 bridgehead atoms. The minimum absolute atomic E-state index is 0.171. The highest BCUT2D eigenvalue weighted by Gasteiger charge is 2.36. The van der Waals surface area contributed by atoms with Gasteiger partial charge in [-0.15, -0.1) is 0 Å². The molecule has 110 valence electrons. The molecule has 3 atom stereocenters. The third kappa shape index (κ3) is 2.82. The van der Waals surface area contributed by atoms with E-state index in [0.717, 1.165) is 39.0 Å². The van der Waals surface area contributed by atoms with Crippen LogP contribution in [0, 0.1) is 6.92 Å². The van der Waals surface area contributed by atoms with Gasteiger partial charge >= 0.3 is 0 Å². The van der Waals surface area contributed by atoms with Gasteiger partial charge in [0.2, 0.25) is 0 Å². The van der Waals surface area contributed by atoms with Gasteiger partial charge in [0.1, 0.15) is 0 Å². The second-order valence-corrected chi connectivity index (χ2v) is 6.23. The highest BCUT2D eigenvalue weighted by Crippen LogP contribution is 2.26. The number of nitrogens with two attached hydrogens (primary N) is 1. The van der Waals surface area contributed by atoms with Crippen molar-refractivity contribution in [3.63, 3.8) is 0 Å². The molecule has 1 heterocycles. The van der Waals surface area contributed by atoms with E-state index in [0.29, 0.717) is 0 Å². The average Bonchev–Trinajstić information content (AvgIpc) is 2.78. The Morgan fingerprint density at radius 3 is 2.50 bits per heavy atom. The SMILES string of the molecule is Cc1cccc(N2CCN([C@H]3C[C@H](N)C[C@@H]3O)CC2)c1. The largest absolute Gasteiger partial charge is 0.391 e. The van der Waals surface area contributed by atoms with Crippen LogP contribution < -0.4 is 10.6 Å². The molecule has 4 heteroatoms. The smallest absolute Gasteiger partial charge is 0.0710 e. The molecule has 3 N–H and O–H groups in total. The zero-order valence-corrected chi connectivity index (χ0v) is 12.2. The van der Waals surface area contributed by atoms with E-state index in [1.807, 2.05) is 0 Å². The monoisotopic (exact) mass is 275 g/mol. The first-order valence-corrected chi connectivity index (χ1v) is 7.63. The fourth-order valence-electron chi connectivity index (χ4n) is 3.56. The molecule has 0 amide bonds. The molecule has 0 aromatic heterocycles. The second kappa shape index (κ2) is 5.72. The summed E-state index contributed by atoms with van der Waals surface area (Å²) in [5.41, 5.74) is 8.58. The molecule has 0 radical (unpaired) electrons. The van der Waals surface area contributed by atoms with Crippen molar-refractivity contribution >= 4 is 5.69 Å². The molecule has 1 aromatic carbocycles. The Kier molecular flexibility index (Phi) is 3.96. The second-order valence-electron chi connectivity index (χ2n) is 6.23. The maximum atomic E-state index is 10.1. The van der Waals surface area contributed by atoms with E-state index < -0.39 is 0 Å². The van der Waals surface area contributed by atoms with Crippen molar-refractivity contribution in [1.29, 1.82) is 0 Å². The minimum Gasteiger partial charge on any atom is -0.391 e. The van der Waals surface area contributed by atoms with Gasteiger partial charge in [-0.05, 0) is 37.5 Å². The number of aryl methyl sites for hydroxylation is 1. The van der Waals surface area contributed by atoms with Crippen molar-refractivity contribution in [3.8, 4) is 0 Å². The number of hydrogen-bond acceptors (Lipinski definition) is 4. The number of nitrogens with zero attached hydrogens (tertiary/aromatic N) is 2. The zero-order valence-electron chi connectivity index (χ0n) is 12.2. The summed E-state index contributed by atoms with van der Waals surface area (Å²) in [5.74, 6) is 0. The number of anilines is 1. The van der Waals surface area contributed by atoms with Gasteiger partial charge in [-0.3, -0.25) is 4.90 Å². The van der Waals surface area contributed by atoms with E-state index in [-0.39, 0.29) is 18.2 Å². The van der Waals surface area contributed by atoms with Gasteiger partial charge in [0.25, 0.3) is 0 Å². The number of aliphatic hydroxyl groups is 1. The maximum absolute atomic E-state index is 10.1. The van der Waals surface area contributed by atoms with E-state index in [1.54, 1.807) is 0 Å². The Bertz CT molecular complexity index is 457. The maximum Gasteiger partial charge on any atom is 0.0710 e. The van der Waals surface area contributed by atoms with Gasteiger partial charge in [0, 0.05) is 44.0 Å². The number of benzene rings is 1. The summed E-state index contributed by atoms with van der Waals surface area (Å²) in [6.07, 6.45) is 1.45. The van der Waals surface area contributed by atoms with Crippen LogP contribution in [0.3, 0.4) is 0 Å². The third-order valence-corrected chi connectivity index (χ3v) is 4.68. The predicted octanol–water partition coefficient (Wildman–Crippen LogP) is 0.968. The first-order chi connectivity index (χ1) is 9.63. The van der Waals surface area contributed by atoms with Gasteiger partial charge in [0.15, 0.2) is 0 Å². The Labute approximate surface area is 121 Å². The van der Waals surface area contributed by atoms with Crippen LogP contribution >= 0.6 is 0 Å². The summed E-state index contributed by atoms with van der Waals surface area (Å²) in [7, 11) is 0. The molecular weight excluding hydrogens is 250 g/mol. The molecule has 1 saturated heterocycles. The first-order valence-electron chi connectivity index (χ1n) is 7.63. The van der Waals surface area contributed by atoms with Crippen molar-refractivity contribution in [2.75, 3.05) is 31.1 Å². The molecule has 1 aliphatic heterocycles. The molecule has 1 aliphatic carbocycles. The zero-order chi connectivity index (χ0) is 14.1. The number of rotatable bonds is 2. The normalized spacial score (nSPS) is 31.8. The number of hydrogen-bond donors (Lipinski definition) is 2. The van der Waals surface area contributed by atoms with Crippen molar-refractivity contribution in [2.24, 2.45) is 5.73 Å². The van der Waals surface area contributed by atoms with Crippen molar-refractivity contribution in [3.05, 3.63) is 29.8 Å². The number of piperazine rings is 1. The van der Waals surface area contributed by atoms with Gasteiger partial charge in [0.05, 0.1) is 6.10 Å². The molecule has 0 unspecified atom stereocenters. The fourth-order valence-corrected chi connectivity index (χ4v) is 3.56. The van der Waals surface area contributed by atoms with Crippen LogP contribution in [0.5, 0.6) is 0 Å². The number of aliphatic hydroxyl groups excluding tert-OH is 1. The molecule has 0 spiro atoms. The van der Waals surface area contributed by atoms with Crippen molar-refractivity contribution in [2.45, 2.75) is 38.0 Å². The van der Waals surface area contributed by atoms with Crippen LogP contribution in [-0.2, 0) is 0 Å². The standard InChI is InChI=1S/C16H25N3O/c1-12-3-2-4-14(9-12)18-5-7-19(8-6-18)15-10-13(17)11-16(15)20/h2-4,9,13,15-16,20H,5-8,10-11,17H2,1H3/t13-,15-,16-/m0/s1. The van der Waals surface area contributed by atoms with Gasteiger partial charge in [-0.2, -0.15) is 0 Å². The Morgan fingerprint density at radius 1 is 1.15 bits per heavy atom. The van der Waals surface area contributed by atoms with Crippen molar-refractivity contribution < 1.29 is 5.11 Å². The molecule has 2 aliphatic rings. The topological polar surface area (TPSA) is 52.7 Å². The Hall–Kier alpha value is -1.10.